The molecule has 0 unspecified atom stereocenters. The minimum atomic E-state index is -1.67. The lowest BCUT2D eigenvalue weighted by Gasteiger charge is -2.21. The summed E-state index contributed by atoms with van der Waals surface area (Å²) in [4.78, 5) is 26.9. The quantitative estimate of drug-likeness (QED) is 0.256. The Morgan fingerprint density at radius 2 is 1.34 bits per heavy atom. The van der Waals surface area contributed by atoms with Crippen LogP contribution in [0.1, 0.15) is 0 Å². The zero-order valence-electron chi connectivity index (χ0n) is 20.1. The molecule has 4 rings (SSSR count). The van der Waals surface area contributed by atoms with E-state index in [1.165, 1.54) is 0 Å². The topological polar surface area (TPSA) is 88.9 Å². The van der Waals surface area contributed by atoms with Crippen LogP contribution in [0.15, 0.2) is 91.0 Å². The van der Waals surface area contributed by atoms with E-state index in [2.05, 4.69) is 40.6 Å². The molecule has 0 saturated heterocycles. The Labute approximate surface area is 205 Å². The molecule has 4 aromatic rings. The molecular weight excluding hydrogens is 454 g/mol. The van der Waals surface area contributed by atoms with Gasteiger partial charge in [0.25, 0.3) is 0 Å². The standard InChI is InChI=1S/C27H29N5O2Si/c1-35(2,3)19-22(32-25-17-11-10-16-24(25)30-31-32)18-23(26(33)28-20-12-6-4-7-13-20)27(34)29-21-14-8-5-9-15-21/h4-18,23H,19H2,1-3H3,(H,28,33)(H,29,34)/b22-18+. The van der Waals surface area contributed by atoms with Crippen LogP contribution in [0.2, 0.25) is 25.7 Å². The second kappa shape index (κ2) is 10.5. The lowest BCUT2D eigenvalue weighted by Crippen LogP contribution is -2.33. The van der Waals surface area contributed by atoms with Crippen molar-refractivity contribution in [1.82, 2.24) is 15.0 Å². The van der Waals surface area contributed by atoms with Crippen LogP contribution in [0.4, 0.5) is 11.4 Å². The van der Waals surface area contributed by atoms with Crippen LogP contribution < -0.4 is 10.6 Å². The number of nitrogens with one attached hydrogen (secondary N) is 2. The number of amides is 2. The Kier molecular flexibility index (Phi) is 7.21. The molecule has 35 heavy (non-hydrogen) atoms. The van der Waals surface area contributed by atoms with Gasteiger partial charge in [0.05, 0.1) is 13.6 Å². The second-order valence-electron chi connectivity index (χ2n) is 9.57. The van der Waals surface area contributed by atoms with Gasteiger partial charge in [0.15, 0.2) is 0 Å². The van der Waals surface area contributed by atoms with E-state index in [9.17, 15) is 9.59 Å². The van der Waals surface area contributed by atoms with Crippen LogP contribution in [-0.2, 0) is 9.59 Å². The van der Waals surface area contributed by atoms with E-state index in [1.807, 2.05) is 60.7 Å². The number of para-hydroxylation sites is 3. The summed E-state index contributed by atoms with van der Waals surface area (Å²) in [6.07, 6.45) is 1.73. The van der Waals surface area contributed by atoms with E-state index in [4.69, 9.17) is 0 Å². The van der Waals surface area contributed by atoms with Crippen molar-refractivity contribution in [3.05, 3.63) is 91.0 Å². The maximum absolute atomic E-state index is 13.4. The third-order valence-corrected chi connectivity index (χ3v) is 6.76. The average Bonchev–Trinajstić information content (AvgIpc) is 3.26. The Morgan fingerprint density at radius 3 is 1.89 bits per heavy atom. The zero-order chi connectivity index (χ0) is 24.8. The van der Waals surface area contributed by atoms with Gasteiger partial charge in [0.2, 0.25) is 11.8 Å². The maximum Gasteiger partial charge on any atom is 0.240 e. The fraction of sp³-hybridized carbons (Fsp3) is 0.185. The first-order valence-electron chi connectivity index (χ1n) is 11.5. The first-order chi connectivity index (χ1) is 16.8. The molecule has 0 aliphatic heterocycles. The molecule has 2 amide bonds. The third kappa shape index (κ3) is 6.30. The monoisotopic (exact) mass is 483 g/mol. The van der Waals surface area contributed by atoms with Crippen LogP contribution in [0.5, 0.6) is 0 Å². The minimum Gasteiger partial charge on any atom is -0.325 e. The molecule has 0 saturated carbocycles. The molecule has 178 valence electrons. The lowest BCUT2D eigenvalue weighted by molar-refractivity contribution is -0.127. The maximum atomic E-state index is 13.4. The predicted octanol–water partition coefficient (Wildman–Crippen LogP) is 5.50. The second-order valence-corrected chi connectivity index (χ2v) is 15.0. The Hall–Kier alpha value is -4.04. The molecule has 1 heterocycles. The van der Waals surface area contributed by atoms with Crippen molar-refractivity contribution in [3.8, 4) is 0 Å². The predicted molar refractivity (Wildman–Crippen MR) is 144 cm³/mol. The highest BCUT2D eigenvalue weighted by molar-refractivity contribution is 6.77. The van der Waals surface area contributed by atoms with Gasteiger partial charge in [0, 0.05) is 17.1 Å². The van der Waals surface area contributed by atoms with Crippen molar-refractivity contribution in [1.29, 1.82) is 0 Å². The fourth-order valence-corrected chi connectivity index (χ4v) is 5.13. The van der Waals surface area contributed by atoms with E-state index in [0.717, 1.165) is 16.7 Å². The molecule has 0 aliphatic rings. The summed E-state index contributed by atoms with van der Waals surface area (Å²) in [5.74, 6) is -1.91. The largest absolute Gasteiger partial charge is 0.325 e. The number of rotatable bonds is 8. The summed E-state index contributed by atoms with van der Waals surface area (Å²) in [7, 11) is -1.67. The molecule has 0 bridgehead atoms. The van der Waals surface area contributed by atoms with Gasteiger partial charge in [-0.05, 0) is 48.5 Å². The molecule has 1 aromatic heterocycles. The van der Waals surface area contributed by atoms with E-state index in [0.29, 0.717) is 17.4 Å². The SMILES string of the molecule is C[Si](C)(C)C/C(=C\C(C(=O)Nc1ccccc1)C(=O)Nc1ccccc1)n1nnc2ccccc21. The van der Waals surface area contributed by atoms with E-state index >= 15 is 0 Å². The summed E-state index contributed by atoms with van der Waals surface area (Å²) in [6.45, 7) is 6.72. The van der Waals surface area contributed by atoms with Crippen LogP contribution in [-0.4, -0.2) is 34.9 Å². The Bertz CT molecular complexity index is 1290. The van der Waals surface area contributed by atoms with Crippen molar-refractivity contribution >= 4 is 48.0 Å². The summed E-state index contributed by atoms with van der Waals surface area (Å²) >= 11 is 0. The number of anilines is 2. The molecule has 0 atom stereocenters. The van der Waals surface area contributed by atoms with Crippen molar-refractivity contribution in [2.24, 2.45) is 5.92 Å². The molecular formula is C27H29N5O2Si. The van der Waals surface area contributed by atoms with Gasteiger partial charge in [-0.15, -0.1) is 5.10 Å². The Morgan fingerprint density at radius 1 is 0.829 bits per heavy atom. The van der Waals surface area contributed by atoms with Gasteiger partial charge in [-0.1, -0.05) is 73.4 Å². The summed E-state index contributed by atoms with van der Waals surface area (Å²) in [5, 5.41) is 14.4. The Balaban J connectivity index is 1.76. The van der Waals surface area contributed by atoms with Crippen LogP contribution >= 0.6 is 0 Å². The third-order valence-electron chi connectivity index (χ3n) is 5.34. The number of hydrogen-bond donors (Lipinski definition) is 2. The smallest absolute Gasteiger partial charge is 0.240 e. The number of carbonyl (C=O) groups is 2. The number of allylic oxidation sites excluding steroid dienone is 1. The van der Waals surface area contributed by atoms with Gasteiger partial charge in [-0.2, -0.15) is 0 Å². The number of aromatic nitrogens is 3. The summed E-state index contributed by atoms with van der Waals surface area (Å²) in [6, 6.07) is 26.7. The normalized spacial score (nSPS) is 12.1. The average molecular weight is 484 g/mol. The highest BCUT2D eigenvalue weighted by atomic mass is 28.3. The van der Waals surface area contributed by atoms with E-state index in [1.54, 1.807) is 35.0 Å². The van der Waals surface area contributed by atoms with E-state index < -0.39 is 25.8 Å². The van der Waals surface area contributed by atoms with Crippen LogP contribution in [0.25, 0.3) is 16.7 Å². The summed E-state index contributed by atoms with van der Waals surface area (Å²) < 4.78 is 1.76. The number of fused-ring (bicyclic) bond motifs is 1. The molecule has 0 fully saturated rings. The van der Waals surface area contributed by atoms with Crippen molar-refractivity contribution in [3.63, 3.8) is 0 Å². The van der Waals surface area contributed by atoms with Crippen LogP contribution in [0, 0.1) is 5.92 Å². The summed E-state index contributed by atoms with van der Waals surface area (Å²) in [5.41, 5.74) is 3.63. The zero-order valence-corrected chi connectivity index (χ0v) is 21.1. The molecule has 7 nitrogen and oxygen atoms in total. The molecule has 0 radical (unpaired) electrons. The van der Waals surface area contributed by atoms with Crippen molar-refractivity contribution < 1.29 is 9.59 Å². The van der Waals surface area contributed by atoms with Gasteiger partial charge in [-0.3, -0.25) is 9.59 Å². The van der Waals surface area contributed by atoms with Crippen molar-refractivity contribution in [2.45, 2.75) is 25.7 Å². The number of carbonyl (C=O) groups excluding carboxylic acids is 2. The highest BCUT2D eigenvalue weighted by Crippen LogP contribution is 2.26. The first kappa shape index (κ1) is 24.1. The van der Waals surface area contributed by atoms with Gasteiger partial charge in [-0.25, -0.2) is 4.68 Å². The molecule has 0 spiro atoms. The van der Waals surface area contributed by atoms with Crippen molar-refractivity contribution in [2.75, 3.05) is 10.6 Å². The van der Waals surface area contributed by atoms with E-state index in [-0.39, 0.29) is 0 Å². The fourth-order valence-electron chi connectivity index (χ4n) is 3.77. The van der Waals surface area contributed by atoms with Crippen LogP contribution in [0.3, 0.4) is 0 Å². The minimum absolute atomic E-state index is 0.415. The molecule has 0 aliphatic carbocycles. The number of hydrogen-bond acceptors (Lipinski definition) is 4. The van der Waals surface area contributed by atoms with Gasteiger partial charge < -0.3 is 10.6 Å². The molecule has 8 heteroatoms. The number of benzene rings is 3. The van der Waals surface area contributed by atoms with Gasteiger partial charge in [0.1, 0.15) is 11.4 Å². The lowest BCUT2D eigenvalue weighted by atomic mass is 10.1. The molecule has 2 N–H and O–H groups in total. The van der Waals surface area contributed by atoms with Gasteiger partial charge >= 0.3 is 0 Å². The number of nitrogens with zero attached hydrogens (tertiary/aromatic N) is 3. The highest BCUT2D eigenvalue weighted by Gasteiger charge is 2.28. The first-order valence-corrected chi connectivity index (χ1v) is 15.2. The molecule has 3 aromatic carbocycles.